The van der Waals surface area contributed by atoms with Crippen LogP contribution in [0.5, 0.6) is 0 Å². The quantitative estimate of drug-likeness (QED) is 0.746. The van der Waals surface area contributed by atoms with Gasteiger partial charge in [-0.15, -0.1) is 0 Å². The molecule has 0 aliphatic carbocycles. The third kappa shape index (κ3) is 1.51. The molecule has 15 heavy (non-hydrogen) atoms. The van der Waals surface area contributed by atoms with E-state index in [0.29, 0.717) is 30.0 Å². The fraction of sp³-hybridized carbons (Fsp3) is 0.455. The van der Waals surface area contributed by atoms with Crippen LogP contribution in [0.3, 0.4) is 0 Å². The normalized spacial score (nSPS) is 19.7. The van der Waals surface area contributed by atoms with Gasteiger partial charge < -0.3 is 5.11 Å². The van der Waals surface area contributed by atoms with Crippen molar-refractivity contribution in [2.24, 2.45) is 0 Å². The number of hydrogen-bond donors (Lipinski definition) is 1. The summed E-state index contributed by atoms with van der Waals surface area (Å²) in [4.78, 5) is 16.2. The van der Waals surface area contributed by atoms with Crippen LogP contribution in [0.25, 0.3) is 6.08 Å². The van der Waals surface area contributed by atoms with Crippen molar-refractivity contribution in [2.75, 3.05) is 0 Å². The number of aromatic nitrogens is 2. The molecule has 4 heteroatoms. The molecule has 2 rings (SSSR count). The maximum atomic E-state index is 12.0. The Balaban J connectivity index is 2.72. The van der Waals surface area contributed by atoms with Crippen LogP contribution in [-0.2, 0) is 6.54 Å². The highest BCUT2D eigenvalue weighted by molar-refractivity contribution is 5.48. The van der Waals surface area contributed by atoms with Gasteiger partial charge in [0.05, 0.1) is 11.3 Å². The molecular weight excluding hydrogens is 192 g/mol. The van der Waals surface area contributed by atoms with E-state index in [0.717, 1.165) is 6.42 Å². The van der Waals surface area contributed by atoms with Gasteiger partial charge in [0, 0.05) is 6.54 Å². The van der Waals surface area contributed by atoms with Gasteiger partial charge in [-0.25, -0.2) is 4.98 Å². The lowest BCUT2D eigenvalue weighted by molar-refractivity contribution is 0.130. The third-order valence-electron chi connectivity index (χ3n) is 2.79. The zero-order valence-electron chi connectivity index (χ0n) is 8.73. The molecule has 1 N–H and O–H groups in total. The molecule has 2 heterocycles. The molecule has 1 aliphatic heterocycles. The summed E-state index contributed by atoms with van der Waals surface area (Å²) in [5.74, 6) is 0.495. The van der Waals surface area contributed by atoms with Crippen molar-refractivity contribution in [2.45, 2.75) is 32.4 Å². The van der Waals surface area contributed by atoms with Crippen LogP contribution in [0.2, 0.25) is 0 Å². The summed E-state index contributed by atoms with van der Waals surface area (Å²) in [5.41, 5.74) is 1.08. The zero-order chi connectivity index (χ0) is 11.0. The number of aliphatic hydroxyl groups is 1. The first-order valence-electron chi connectivity index (χ1n) is 5.07. The Morgan fingerprint density at radius 1 is 1.67 bits per heavy atom. The molecule has 0 saturated carbocycles. The fourth-order valence-electron chi connectivity index (χ4n) is 1.97. The predicted octanol–water partition coefficient (Wildman–Crippen LogP) is 1.02. The second-order valence-corrected chi connectivity index (χ2v) is 3.79. The number of hydrogen-bond acceptors (Lipinski definition) is 3. The van der Waals surface area contributed by atoms with Crippen LogP contribution >= 0.6 is 0 Å². The topological polar surface area (TPSA) is 55.1 Å². The van der Waals surface area contributed by atoms with E-state index in [2.05, 4.69) is 11.6 Å². The van der Waals surface area contributed by atoms with E-state index in [1.165, 1.54) is 6.08 Å². The van der Waals surface area contributed by atoms with Crippen molar-refractivity contribution in [3.8, 4) is 0 Å². The molecule has 1 aliphatic rings. The minimum atomic E-state index is -0.607. The van der Waals surface area contributed by atoms with Crippen molar-refractivity contribution < 1.29 is 5.11 Å². The van der Waals surface area contributed by atoms with Gasteiger partial charge in [0.1, 0.15) is 11.9 Å². The molecule has 1 unspecified atom stereocenters. The first-order chi connectivity index (χ1) is 7.15. The lowest BCUT2D eigenvalue weighted by Crippen LogP contribution is -2.32. The second-order valence-electron chi connectivity index (χ2n) is 3.79. The zero-order valence-corrected chi connectivity index (χ0v) is 8.73. The molecule has 0 saturated heterocycles. The van der Waals surface area contributed by atoms with Crippen LogP contribution in [0.15, 0.2) is 11.4 Å². The molecule has 1 aromatic heterocycles. The van der Waals surface area contributed by atoms with Crippen molar-refractivity contribution >= 4 is 6.08 Å². The summed E-state index contributed by atoms with van der Waals surface area (Å²) in [6, 6.07) is 0. The number of aliphatic hydroxyl groups excluding tert-OH is 1. The van der Waals surface area contributed by atoms with E-state index in [-0.39, 0.29) is 5.56 Å². The van der Waals surface area contributed by atoms with Gasteiger partial charge in [-0.05, 0) is 19.8 Å². The van der Waals surface area contributed by atoms with Gasteiger partial charge in [0.25, 0.3) is 5.56 Å². The highest BCUT2D eigenvalue weighted by Crippen LogP contribution is 2.22. The Bertz CT molecular complexity index is 462. The Hall–Kier alpha value is -1.42. The van der Waals surface area contributed by atoms with Gasteiger partial charge >= 0.3 is 0 Å². The van der Waals surface area contributed by atoms with Gasteiger partial charge in [0.15, 0.2) is 0 Å². The number of aryl methyl sites for hydroxylation is 1. The predicted molar refractivity (Wildman–Crippen MR) is 57.5 cm³/mol. The Kier molecular flexibility index (Phi) is 2.44. The molecule has 0 bridgehead atoms. The van der Waals surface area contributed by atoms with Crippen molar-refractivity contribution in [3.05, 3.63) is 34.0 Å². The Morgan fingerprint density at radius 2 is 2.40 bits per heavy atom. The lowest BCUT2D eigenvalue weighted by Gasteiger charge is -2.22. The highest BCUT2D eigenvalue weighted by atomic mass is 16.3. The maximum absolute atomic E-state index is 12.0. The number of fused-ring (bicyclic) bond motifs is 1. The average Bonchev–Trinajstić information content (AvgIpc) is 2.20. The van der Waals surface area contributed by atoms with Crippen LogP contribution < -0.4 is 5.56 Å². The molecular formula is C11H14N2O2. The molecule has 0 spiro atoms. The standard InChI is InChI=1S/C11H14N2O2/c1-3-8-7(2)12-10-9(14)5-4-6-13(10)11(8)15/h3,9,14H,1,4-6H2,2H3. The van der Waals surface area contributed by atoms with Crippen molar-refractivity contribution in [1.82, 2.24) is 9.55 Å². The monoisotopic (exact) mass is 206 g/mol. The lowest BCUT2D eigenvalue weighted by atomic mass is 10.1. The van der Waals surface area contributed by atoms with E-state index >= 15 is 0 Å². The largest absolute Gasteiger partial charge is 0.385 e. The van der Waals surface area contributed by atoms with E-state index < -0.39 is 6.10 Å². The minimum absolute atomic E-state index is 0.0914. The second kappa shape index (κ2) is 3.62. The minimum Gasteiger partial charge on any atom is -0.385 e. The van der Waals surface area contributed by atoms with Gasteiger partial charge in [0.2, 0.25) is 0 Å². The van der Waals surface area contributed by atoms with Crippen molar-refractivity contribution in [1.29, 1.82) is 0 Å². The molecule has 4 nitrogen and oxygen atoms in total. The molecule has 0 radical (unpaired) electrons. The third-order valence-corrected chi connectivity index (χ3v) is 2.79. The van der Waals surface area contributed by atoms with Gasteiger partial charge in [-0.3, -0.25) is 9.36 Å². The summed E-state index contributed by atoms with van der Waals surface area (Å²) >= 11 is 0. The Morgan fingerprint density at radius 3 is 3.07 bits per heavy atom. The number of nitrogens with zero attached hydrogens (tertiary/aromatic N) is 2. The van der Waals surface area contributed by atoms with Gasteiger partial charge in [-0.1, -0.05) is 12.7 Å². The van der Waals surface area contributed by atoms with Crippen LogP contribution in [0.4, 0.5) is 0 Å². The summed E-state index contributed by atoms with van der Waals surface area (Å²) < 4.78 is 1.55. The smallest absolute Gasteiger partial charge is 0.261 e. The first-order valence-corrected chi connectivity index (χ1v) is 5.07. The van der Waals surface area contributed by atoms with Crippen LogP contribution in [0, 0.1) is 6.92 Å². The molecule has 0 fully saturated rings. The van der Waals surface area contributed by atoms with Crippen LogP contribution in [0.1, 0.15) is 36.0 Å². The highest BCUT2D eigenvalue weighted by Gasteiger charge is 2.22. The summed E-state index contributed by atoms with van der Waals surface area (Å²) in [6.45, 7) is 6.01. The average molecular weight is 206 g/mol. The molecule has 80 valence electrons. The van der Waals surface area contributed by atoms with E-state index in [1.807, 2.05) is 0 Å². The summed E-state index contributed by atoms with van der Waals surface area (Å²) in [6.07, 6.45) is 2.41. The number of rotatable bonds is 1. The van der Waals surface area contributed by atoms with E-state index in [1.54, 1.807) is 11.5 Å². The summed E-state index contributed by atoms with van der Waals surface area (Å²) in [5, 5.41) is 9.73. The van der Waals surface area contributed by atoms with Gasteiger partial charge in [-0.2, -0.15) is 0 Å². The van der Waals surface area contributed by atoms with E-state index in [9.17, 15) is 9.90 Å². The fourth-order valence-corrected chi connectivity index (χ4v) is 1.97. The molecule has 1 aromatic rings. The van der Waals surface area contributed by atoms with Crippen LogP contribution in [-0.4, -0.2) is 14.7 Å². The molecule has 0 aromatic carbocycles. The Labute approximate surface area is 87.9 Å². The molecule has 1 atom stereocenters. The maximum Gasteiger partial charge on any atom is 0.261 e. The summed E-state index contributed by atoms with van der Waals surface area (Å²) in [7, 11) is 0. The van der Waals surface area contributed by atoms with Crippen molar-refractivity contribution in [3.63, 3.8) is 0 Å². The molecule has 0 amide bonds. The first kappa shape index (κ1) is 10.1. The van der Waals surface area contributed by atoms with E-state index in [4.69, 9.17) is 0 Å². The SMILES string of the molecule is C=Cc1c(C)nc2n(c1=O)CCCC2O.